The van der Waals surface area contributed by atoms with E-state index in [4.69, 9.17) is 5.40 Å². The molecule has 0 aromatic rings. The van der Waals surface area contributed by atoms with Crippen molar-refractivity contribution in [2.45, 2.75) is 6.55 Å². The van der Waals surface area contributed by atoms with Crippen LogP contribution in [0.15, 0.2) is 0 Å². The van der Waals surface area contributed by atoms with Crippen molar-refractivity contribution >= 4 is 39.2 Å². The van der Waals surface area contributed by atoms with E-state index in [-0.39, 0.29) is 9.84 Å². The fourth-order valence-corrected chi connectivity index (χ4v) is 8.46. The molecule has 0 fully saturated rings. The van der Waals surface area contributed by atoms with Crippen molar-refractivity contribution in [1.29, 1.82) is 0 Å². The molecule has 0 aliphatic rings. The molecule has 0 bridgehead atoms. The van der Waals surface area contributed by atoms with Gasteiger partial charge in [-0.05, 0) is 20.6 Å². The molecule has 0 aromatic carbocycles. The predicted octanol–water partition coefficient (Wildman–Crippen LogP) is -4.47. The number of nitrogens with two attached hydrogens (primary N) is 1. The lowest BCUT2D eigenvalue weighted by atomic mass is 11.6. The molecular formula is C3H20N4Si4. The molecule has 0 radical (unpaired) electrons. The minimum Gasteiger partial charge on any atom is -0.349 e. The Bertz CT molecular complexity index is 101. The highest BCUT2D eigenvalue weighted by Gasteiger charge is 2.07. The van der Waals surface area contributed by atoms with E-state index in [9.17, 15) is 0 Å². The van der Waals surface area contributed by atoms with Gasteiger partial charge in [-0.3, -0.25) is 0 Å². The van der Waals surface area contributed by atoms with Crippen molar-refractivity contribution in [1.82, 2.24) is 13.1 Å². The quantitative estimate of drug-likeness (QED) is 0.463. The molecule has 0 aliphatic heterocycles. The van der Waals surface area contributed by atoms with Crippen molar-refractivity contribution < 1.29 is 0 Å². The molecule has 0 saturated heterocycles. The molecule has 11 heavy (non-hydrogen) atoms. The van der Waals surface area contributed by atoms with Gasteiger partial charge >= 0.3 is 0 Å². The number of nitrogens with zero attached hydrogens (tertiary/aromatic N) is 2. The molecular weight excluding hydrogens is 204 g/mol. The van der Waals surface area contributed by atoms with Crippen LogP contribution in [0.4, 0.5) is 0 Å². The van der Waals surface area contributed by atoms with Gasteiger partial charge in [-0.1, -0.05) is 0 Å². The van der Waals surface area contributed by atoms with E-state index >= 15 is 0 Å². The minimum atomic E-state index is -0.790. The Kier molecular flexibility index (Phi) is 6.65. The monoisotopic (exact) mass is 224 g/mol. The minimum absolute atomic E-state index is 0.122. The second-order valence-corrected chi connectivity index (χ2v) is 13.4. The smallest absolute Gasteiger partial charge is 0.171 e. The Hall–Kier alpha value is 0.708. The highest BCUT2D eigenvalue weighted by Crippen LogP contribution is 1.79. The molecule has 68 valence electrons. The zero-order valence-electron chi connectivity index (χ0n) is 7.96. The average Bonchev–Trinajstić information content (AvgIpc) is 1.98. The van der Waals surface area contributed by atoms with E-state index < -0.39 is 19.0 Å². The van der Waals surface area contributed by atoms with Crippen LogP contribution in [0.2, 0.25) is 6.55 Å². The Morgan fingerprint density at radius 2 is 2.09 bits per heavy atom. The van der Waals surface area contributed by atoms with Gasteiger partial charge in [-0.2, -0.15) is 0 Å². The van der Waals surface area contributed by atoms with Crippen LogP contribution in [0.25, 0.3) is 0 Å². The first-order valence-corrected chi connectivity index (χ1v) is 9.79. The van der Waals surface area contributed by atoms with Crippen LogP contribution < -0.4 is 10.0 Å². The van der Waals surface area contributed by atoms with Crippen molar-refractivity contribution in [3.8, 4) is 0 Å². The third-order valence-electron chi connectivity index (χ3n) is 1.65. The Morgan fingerprint density at radius 1 is 1.55 bits per heavy atom. The largest absolute Gasteiger partial charge is 0.349 e. The van der Waals surface area contributed by atoms with Gasteiger partial charge in [0.1, 0.15) is 0 Å². The molecule has 3 N–H and O–H groups in total. The van der Waals surface area contributed by atoms with Crippen LogP contribution in [0.1, 0.15) is 0 Å². The standard InChI is InChI=1S/C3H20N4Si4/c1-6(8)10-5-11(3)7(2)9-4/h5,11H,4,9-10H2,1-3,8H3. The van der Waals surface area contributed by atoms with Gasteiger partial charge in [0.2, 0.25) is 0 Å². The Morgan fingerprint density at radius 3 is 2.45 bits per heavy atom. The summed E-state index contributed by atoms with van der Waals surface area (Å²) in [5.74, 6) is 0. The summed E-state index contributed by atoms with van der Waals surface area (Å²) in [4.78, 5) is 0. The lowest BCUT2D eigenvalue weighted by molar-refractivity contribution is 0.793. The van der Waals surface area contributed by atoms with Crippen molar-refractivity contribution in [3.63, 3.8) is 0 Å². The molecule has 8 heteroatoms. The van der Waals surface area contributed by atoms with Crippen molar-refractivity contribution in [2.75, 3.05) is 14.1 Å². The molecule has 1 atom stereocenters. The van der Waals surface area contributed by atoms with E-state index in [1.165, 1.54) is 10.4 Å². The van der Waals surface area contributed by atoms with Crippen molar-refractivity contribution in [2.24, 2.45) is 5.40 Å². The molecule has 0 aromatic heterocycles. The number of nitrogens with one attached hydrogen (secondary N) is 1. The molecule has 4 nitrogen and oxygen atoms in total. The maximum atomic E-state index is 5.65. The highest BCUT2D eigenvalue weighted by atomic mass is 28.4. The third-order valence-corrected chi connectivity index (χ3v) is 10.5. The second-order valence-electron chi connectivity index (χ2n) is 3.06. The number of hydrogen-bond donors (Lipinski definition) is 2. The molecule has 0 spiro atoms. The van der Waals surface area contributed by atoms with Crippen LogP contribution in [0.5, 0.6) is 0 Å². The van der Waals surface area contributed by atoms with Gasteiger partial charge in [0.15, 0.2) is 28.8 Å². The lowest BCUT2D eigenvalue weighted by Crippen LogP contribution is -2.53. The normalized spacial score (nSPS) is 16.9. The first-order chi connectivity index (χ1) is 5.07. The number of hydrogen-bond acceptors (Lipinski definition) is 4. The maximum absolute atomic E-state index is 5.65. The first-order valence-electron chi connectivity index (χ1n) is 3.86. The van der Waals surface area contributed by atoms with Crippen molar-refractivity contribution in [3.05, 3.63) is 0 Å². The van der Waals surface area contributed by atoms with Crippen LogP contribution in [0.3, 0.4) is 0 Å². The summed E-state index contributed by atoms with van der Waals surface area (Å²) < 4.78 is 8.44. The molecule has 0 amide bonds. The highest BCUT2D eigenvalue weighted by molar-refractivity contribution is 6.67. The van der Waals surface area contributed by atoms with E-state index in [2.05, 4.69) is 33.8 Å². The van der Waals surface area contributed by atoms with E-state index in [1.807, 2.05) is 0 Å². The summed E-state index contributed by atoms with van der Waals surface area (Å²) in [6.07, 6.45) is 0. The molecule has 0 heterocycles. The molecule has 1 unspecified atom stereocenters. The molecule has 0 rings (SSSR count). The average molecular weight is 225 g/mol. The summed E-state index contributed by atoms with van der Waals surface area (Å²) in [5.41, 5.74) is 0. The van der Waals surface area contributed by atoms with Crippen LogP contribution in [-0.4, -0.2) is 61.8 Å². The van der Waals surface area contributed by atoms with Crippen LogP contribution >= 0.6 is 0 Å². The molecule has 0 saturated carbocycles. The lowest BCUT2D eigenvalue weighted by Gasteiger charge is -2.23. The Labute approximate surface area is 78.7 Å². The number of rotatable bonds is 5. The van der Waals surface area contributed by atoms with Crippen LogP contribution in [0, 0.1) is 0 Å². The zero-order chi connectivity index (χ0) is 8.85. The van der Waals surface area contributed by atoms with Gasteiger partial charge in [0.05, 0.1) is 10.4 Å². The van der Waals surface area contributed by atoms with E-state index in [1.54, 1.807) is 0 Å². The summed E-state index contributed by atoms with van der Waals surface area (Å²) in [5, 5.41) is 5.65. The summed E-state index contributed by atoms with van der Waals surface area (Å²) in [7, 11) is 4.21. The Balaban J connectivity index is 3.43. The summed E-state index contributed by atoms with van der Waals surface area (Å²) in [6, 6.07) is 0. The van der Waals surface area contributed by atoms with Gasteiger partial charge in [-0.15, -0.1) is 0 Å². The second kappa shape index (κ2) is 6.25. The van der Waals surface area contributed by atoms with Gasteiger partial charge in [0.25, 0.3) is 0 Å². The van der Waals surface area contributed by atoms with E-state index in [0.29, 0.717) is 0 Å². The fraction of sp³-hybridized carbons (Fsp3) is 1.00. The SMILES string of the molecule is CN([SiH3])[SiH2]N[SiH](C)N(C)[SiH2]N. The topological polar surface area (TPSA) is 44.5 Å². The van der Waals surface area contributed by atoms with Crippen LogP contribution in [-0.2, 0) is 0 Å². The molecule has 0 aliphatic carbocycles. The summed E-state index contributed by atoms with van der Waals surface area (Å²) >= 11 is 0. The van der Waals surface area contributed by atoms with E-state index in [0.717, 1.165) is 0 Å². The van der Waals surface area contributed by atoms with Gasteiger partial charge in [0, 0.05) is 0 Å². The predicted molar refractivity (Wildman–Crippen MR) is 62.9 cm³/mol. The van der Waals surface area contributed by atoms with Gasteiger partial charge < -0.3 is 18.5 Å². The van der Waals surface area contributed by atoms with Gasteiger partial charge in [-0.25, -0.2) is 0 Å². The zero-order valence-corrected chi connectivity index (χ0v) is 13.9. The fourth-order valence-electron chi connectivity index (χ4n) is 0.629. The maximum Gasteiger partial charge on any atom is 0.171 e. The summed E-state index contributed by atoms with van der Waals surface area (Å²) in [6.45, 7) is 2.32. The third kappa shape index (κ3) is 5.92. The first kappa shape index (κ1) is 11.7.